The zero-order valence-electron chi connectivity index (χ0n) is 11.8. The van der Waals surface area contributed by atoms with E-state index in [4.69, 9.17) is 4.74 Å². The Bertz CT molecular complexity index is 529. The second kappa shape index (κ2) is 7.61. The lowest BCUT2D eigenvalue weighted by molar-refractivity contribution is 0.0765. The van der Waals surface area contributed by atoms with Gasteiger partial charge in [0.25, 0.3) is 0 Å². The molecule has 0 heterocycles. The molecule has 0 amide bonds. The van der Waals surface area contributed by atoms with Crippen molar-refractivity contribution in [1.29, 1.82) is 0 Å². The SMILES string of the molecule is CCc1ccc(C(=O)COCCc2ccccc2)cc1. The highest BCUT2D eigenvalue weighted by atomic mass is 16.5. The molecule has 20 heavy (non-hydrogen) atoms. The van der Waals surface area contributed by atoms with Crippen LogP contribution in [0.5, 0.6) is 0 Å². The van der Waals surface area contributed by atoms with E-state index in [1.807, 2.05) is 42.5 Å². The molecular formula is C18H20O2. The molecule has 2 heteroatoms. The van der Waals surface area contributed by atoms with E-state index in [2.05, 4.69) is 19.1 Å². The number of hydrogen-bond acceptors (Lipinski definition) is 2. The summed E-state index contributed by atoms with van der Waals surface area (Å²) in [6.45, 7) is 2.82. The van der Waals surface area contributed by atoms with Gasteiger partial charge < -0.3 is 4.74 Å². The number of Topliss-reactive ketones (excluding diaryl/α,β-unsaturated/α-hetero) is 1. The van der Waals surface area contributed by atoms with Crippen molar-refractivity contribution in [3.8, 4) is 0 Å². The Morgan fingerprint density at radius 2 is 1.65 bits per heavy atom. The van der Waals surface area contributed by atoms with Crippen molar-refractivity contribution in [3.05, 3.63) is 71.3 Å². The lowest BCUT2D eigenvalue weighted by atomic mass is 10.1. The number of ether oxygens (including phenoxy) is 1. The van der Waals surface area contributed by atoms with Crippen LogP contribution < -0.4 is 0 Å². The van der Waals surface area contributed by atoms with Crippen LogP contribution in [-0.2, 0) is 17.6 Å². The van der Waals surface area contributed by atoms with E-state index < -0.39 is 0 Å². The predicted molar refractivity (Wildman–Crippen MR) is 81.1 cm³/mol. The summed E-state index contributed by atoms with van der Waals surface area (Å²) >= 11 is 0. The van der Waals surface area contributed by atoms with E-state index >= 15 is 0 Å². The van der Waals surface area contributed by atoms with Crippen LogP contribution in [0.4, 0.5) is 0 Å². The largest absolute Gasteiger partial charge is 0.373 e. The Balaban J connectivity index is 1.74. The number of rotatable bonds is 7. The molecule has 104 valence electrons. The number of aryl methyl sites for hydroxylation is 1. The molecule has 0 atom stereocenters. The highest BCUT2D eigenvalue weighted by molar-refractivity contribution is 5.97. The topological polar surface area (TPSA) is 26.3 Å². The van der Waals surface area contributed by atoms with Gasteiger partial charge in [0.15, 0.2) is 5.78 Å². The van der Waals surface area contributed by atoms with Gasteiger partial charge in [0, 0.05) is 5.56 Å². The number of ketones is 1. The first-order chi connectivity index (χ1) is 9.79. The number of benzene rings is 2. The minimum Gasteiger partial charge on any atom is -0.373 e. The molecule has 0 bridgehead atoms. The molecule has 0 saturated heterocycles. The first-order valence-electron chi connectivity index (χ1n) is 7.03. The first-order valence-corrected chi connectivity index (χ1v) is 7.03. The Morgan fingerprint density at radius 3 is 2.30 bits per heavy atom. The van der Waals surface area contributed by atoms with Crippen LogP contribution >= 0.6 is 0 Å². The second-order valence-corrected chi connectivity index (χ2v) is 4.76. The molecule has 2 nitrogen and oxygen atoms in total. The summed E-state index contributed by atoms with van der Waals surface area (Å²) in [7, 11) is 0. The molecule has 0 unspecified atom stereocenters. The normalized spacial score (nSPS) is 10.4. The van der Waals surface area contributed by atoms with E-state index in [0.717, 1.165) is 18.4 Å². The van der Waals surface area contributed by atoms with E-state index in [9.17, 15) is 4.79 Å². The maximum Gasteiger partial charge on any atom is 0.188 e. The van der Waals surface area contributed by atoms with Gasteiger partial charge in [0.05, 0.1) is 6.61 Å². The summed E-state index contributed by atoms with van der Waals surface area (Å²) in [5, 5.41) is 0. The van der Waals surface area contributed by atoms with Crippen LogP contribution in [0, 0.1) is 0 Å². The lowest BCUT2D eigenvalue weighted by Gasteiger charge is -2.05. The third-order valence-electron chi connectivity index (χ3n) is 3.30. The molecule has 2 rings (SSSR count). The van der Waals surface area contributed by atoms with Gasteiger partial charge in [-0.2, -0.15) is 0 Å². The standard InChI is InChI=1S/C18H20O2/c1-2-15-8-10-17(11-9-15)18(19)14-20-13-12-16-6-4-3-5-7-16/h3-11H,2,12-14H2,1H3. The predicted octanol–water partition coefficient (Wildman–Crippen LogP) is 3.69. The van der Waals surface area contributed by atoms with E-state index in [1.165, 1.54) is 11.1 Å². The third-order valence-corrected chi connectivity index (χ3v) is 3.30. The molecule has 2 aromatic rings. The summed E-state index contributed by atoms with van der Waals surface area (Å²) in [6, 6.07) is 17.9. The second-order valence-electron chi connectivity index (χ2n) is 4.76. The molecule has 0 aliphatic rings. The van der Waals surface area contributed by atoms with Crippen molar-refractivity contribution in [2.75, 3.05) is 13.2 Å². The van der Waals surface area contributed by atoms with Gasteiger partial charge >= 0.3 is 0 Å². The number of carbonyl (C=O) groups excluding carboxylic acids is 1. The highest BCUT2D eigenvalue weighted by Gasteiger charge is 2.05. The van der Waals surface area contributed by atoms with Gasteiger partial charge in [-0.25, -0.2) is 0 Å². The lowest BCUT2D eigenvalue weighted by Crippen LogP contribution is -2.11. The average Bonchev–Trinajstić information content (AvgIpc) is 2.52. The average molecular weight is 268 g/mol. The summed E-state index contributed by atoms with van der Waals surface area (Å²) < 4.78 is 5.46. The third kappa shape index (κ3) is 4.32. The Kier molecular flexibility index (Phi) is 5.51. The Morgan fingerprint density at radius 1 is 0.950 bits per heavy atom. The quantitative estimate of drug-likeness (QED) is 0.565. The van der Waals surface area contributed by atoms with Crippen LogP contribution in [0.2, 0.25) is 0 Å². The van der Waals surface area contributed by atoms with Crippen molar-refractivity contribution >= 4 is 5.78 Å². The van der Waals surface area contributed by atoms with Crippen LogP contribution in [-0.4, -0.2) is 19.0 Å². The molecule has 0 radical (unpaired) electrons. The molecule has 0 saturated carbocycles. The Hall–Kier alpha value is -1.93. The highest BCUT2D eigenvalue weighted by Crippen LogP contribution is 2.06. The van der Waals surface area contributed by atoms with Crippen molar-refractivity contribution in [2.24, 2.45) is 0 Å². The van der Waals surface area contributed by atoms with Crippen molar-refractivity contribution in [3.63, 3.8) is 0 Å². The van der Waals surface area contributed by atoms with Crippen molar-refractivity contribution in [2.45, 2.75) is 19.8 Å². The molecule has 0 fully saturated rings. The monoisotopic (exact) mass is 268 g/mol. The maximum absolute atomic E-state index is 11.9. The summed E-state index contributed by atoms with van der Waals surface area (Å²) in [4.78, 5) is 11.9. The van der Waals surface area contributed by atoms with Crippen LogP contribution in [0.1, 0.15) is 28.4 Å². The number of carbonyl (C=O) groups is 1. The summed E-state index contributed by atoms with van der Waals surface area (Å²) in [5.41, 5.74) is 3.20. The zero-order valence-corrected chi connectivity index (χ0v) is 11.8. The van der Waals surface area contributed by atoms with E-state index in [1.54, 1.807) is 0 Å². The van der Waals surface area contributed by atoms with Gasteiger partial charge in [-0.05, 0) is 24.0 Å². The maximum atomic E-state index is 11.9. The first kappa shape index (κ1) is 14.5. The van der Waals surface area contributed by atoms with Gasteiger partial charge in [0.1, 0.15) is 6.61 Å². The van der Waals surface area contributed by atoms with Crippen molar-refractivity contribution < 1.29 is 9.53 Å². The van der Waals surface area contributed by atoms with Crippen molar-refractivity contribution in [1.82, 2.24) is 0 Å². The zero-order chi connectivity index (χ0) is 14.2. The minimum absolute atomic E-state index is 0.0423. The van der Waals surface area contributed by atoms with E-state index in [-0.39, 0.29) is 12.4 Å². The van der Waals surface area contributed by atoms with Gasteiger partial charge in [-0.3, -0.25) is 4.79 Å². The molecule has 0 N–H and O–H groups in total. The van der Waals surface area contributed by atoms with Crippen LogP contribution in [0.3, 0.4) is 0 Å². The van der Waals surface area contributed by atoms with Gasteiger partial charge in [-0.1, -0.05) is 61.5 Å². The molecule has 0 aromatic heterocycles. The summed E-state index contributed by atoms with van der Waals surface area (Å²) in [6.07, 6.45) is 1.82. The number of hydrogen-bond donors (Lipinski definition) is 0. The molecule has 0 aliphatic carbocycles. The van der Waals surface area contributed by atoms with Gasteiger partial charge in [-0.15, -0.1) is 0 Å². The minimum atomic E-state index is 0.0423. The summed E-state index contributed by atoms with van der Waals surface area (Å²) in [5.74, 6) is 0.0423. The fraction of sp³-hybridized carbons (Fsp3) is 0.278. The fourth-order valence-electron chi connectivity index (χ4n) is 2.01. The smallest absolute Gasteiger partial charge is 0.188 e. The Labute approximate surface area is 120 Å². The van der Waals surface area contributed by atoms with Crippen LogP contribution in [0.15, 0.2) is 54.6 Å². The van der Waals surface area contributed by atoms with Crippen LogP contribution in [0.25, 0.3) is 0 Å². The fourth-order valence-corrected chi connectivity index (χ4v) is 2.01. The molecule has 0 aliphatic heterocycles. The van der Waals surface area contributed by atoms with Gasteiger partial charge in [0.2, 0.25) is 0 Å². The molecule has 0 spiro atoms. The van der Waals surface area contributed by atoms with E-state index in [0.29, 0.717) is 6.61 Å². The molecular weight excluding hydrogens is 248 g/mol. The molecule has 2 aromatic carbocycles.